The van der Waals surface area contributed by atoms with Gasteiger partial charge in [0.15, 0.2) is 0 Å². The van der Waals surface area contributed by atoms with Crippen LogP contribution >= 0.6 is 0 Å². The Bertz CT molecular complexity index is 604. The van der Waals surface area contributed by atoms with E-state index in [1.54, 1.807) is 0 Å². The Balaban J connectivity index is 2.10. The third-order valence-corrected chi connectivity index (χ3v) is 4.07. The number of halogens is 3. The second-order valence-corrected chi connectivity index (χ2v) is 5.63. The fourth-order valence-electron chi connectivity index (χ4n) is 1.62. The third kappa shape index (κ3) is 3.60. The fraction of sp³-hybridized carbons (Fsp3) is 0.143. The van der Waals surface area contributed by atoms with E-state index in [2.05, 4.69) is 0 Å². The van der Waals surface area contributed by atoms with Crippen LogP contribution in [-0.4, -0.2) is 9.32 Å². The van der Waals surface area contributed by atoms with Crippen molar-refractivity contribution in [2.75, 3.05) is 0 Å². The normalized spacial score (nSPS) is 13.2. The highest BCUT2D eigenvalue weighted by atomic mass is 32.2. The minimum atomic E-state index is -4.37. The molecular formula is C14H11F3O2S. The zero-order chi connectivity index (χ0) is 14.8. The highest BCUT2D eigenvalue weighted by molar-refractivity contribution is 7.84. The number of alkyl halides is 3. The standard InChI is InChI=1S/C14H11F3O2S/c15-14(16,17)11-3-1-10(2-4-11)9-20(19)13-7-5-12(18)6-8-13/h1-8,18H,9H2. The van der Waals surface area contributed by atoms with Crippen LogP contribution in [0.4, 0.5) is 13.2 Å². The quantitative estimate of drug-likeness (QED) is 0.938. The molecule has 0 saturated carbocycles. The molecule has 0 heterocycles. The predicted molar refractivity (Wildman–Crippen MR) is 69.7 cm³/mol. The maximum absolute atomic E-state index is 12.4. The van der Waals surface area contributed by atoms with Gasteiger partial charge in [-0.15, -0.1) is 0 Å². The molecule has 106 valence electrons. The maximum Gasteiger partial charge on any atom is 0.416 e. The van der Waals surface area contributed by atoms with Gasteiger partial charge in [-0.2, -0.15) is 13.2 Å². The molecule has 0 aliphatic rings. The van der Waals surface area contributed by atoms with Crippen molar-refractivity contribution in [3.63, 3.8) is 0 Å². The number of phenolic OH excluding ortho intramolecular Hbond substituents is 1. The molecule has 0 aliphatic carbocycles. The number of aromatic hydroxyl groups is 1. The summed E-state index contributed by atoms with van der Waals surface area (Å²) in [6.07, 6.45) is -4.37. The van der Waals surface area contributed by atoms with Crippen LogP contribution < -0.4 is 0 Å². The Morgan fingerprint density at radius 3 is 2.00 bits per heavy atom. The van der Waals surface area contributed by atoms with Crippen LogP contribution in [0, 0.1) is 0 Å². The summed E-state index contributed by atoms with van der Waals surface area (Å²) in [5.41, 5.74) is -0.166. The summed E-state index contributed by atoms with van der Waals surface area (Å²) < 4.78 is 49.2. The molecule has 0 amide bonds. The SMILES string of the molecule is O=S(Cc1ccc(C(F)(F)F)cc1)c1ccc(O)cc1. The van der Waals surface area contributed by atoms with E-state index < -0.39 is 22.5 Å². The molecule has 0 saturated heterocycles. The molecule has 2 aromatic carbocycles. The Labute approximate surface area is 116 Å². The Morgan fingerprint density at radius 2 is 1.50 bits per heavy atom. The van der Waals surface area contributed by atoms with Crippen molar-refractivity contribution in [1.82, 2.24) is 0 Å². The number of benzene rings is 2. The van der Waals surface area contributed by atoms with Gasteiger partial charge in [0.05, 0.1) is 22.1 Å². The molecule has 0 aliphatic heterocycles. The van der Waals surface area contributed by atoms with Gasteiger partial charge in [0, 0.05) is 4.90 Å². The lowest BCUT2D eigenvalue weighted by Gasteiger charge is -2.07. The summed E-state index contributed by atoms with van der Waals surface area (Å²) in [5, 5.41) is 9.13. The first-order chi connectivity index (χ1) is 9.36. The van der Waals surface area contributed by atoms with E-state index >= 15 is 0 Å². The molecule has 0 fully saturated rings. The second-order valence-electron chi connectivity index (χ2n) is 4.18. The summed E-state index contributed by atoms with van der Waals surface area (Å²) in [7, 11) is -1.36. The first-order valence-electron chi connectivity index (χ1n) is 5.70. The van der Waals surface area contributed by atoms with Crippen LogP contribution in [0.25, 0.3) is 0 Å². The van der Waals surface area contributed by atoms with Gasteiger partial charge in [-0.3, -0.25) is 4.21 Å². The molecule has 0 bridgehead atoms. The zero-order valence-corrected chi connectivity index (χ0v) is 11.0. The van der Waals surface area contributed by atoms with Gasteiger partial charge in [0.25, 0.3) is 0 Å². The van der Waals surface area contributed by atoms with Crippen LogP contribution in [0.1, 0.15) is 11.1 Å². The van der Waals surface area contributed by atoms with E-state index in [9.17, 15) is 17.4 Å². The van der Waals surface area contributed by atoms with Gasteiger partial charge in [-0.1, -0.05) is 12.1 Å². The van der Waals surface area contributed by atoms with E-state index in [0.717, 1.165) is 12.1 Å². The van der Waals surface area contributed by atoms with Crippen LogP contribution in [-0.2, 0) is 22.7 Å². The topological polar surface area (TPSA) is 37.3 Å². The van der Waals surface area contributed by atoms with E-state index in [1.165, 1.54) is 36.4 Å². The van der Waals surface area contributed by atoms with Gasteiger partial charge in [-0.25, -0.2) is 0 Å². The molecular weight excluding hydrogens is 289 g/mol. The van der Waals surface area contributed by atoms with Gasteiger partial charge >= 0.3 is 6.18 Å². The van der Waals surface area contributed by atoms with Crippen molar-refractivity contribution in [3.8, 4) is 5.75 Å². The molecule has 1 N–H and O–H groups in total. The smallest absolute Gasteiger partial charge is 0.416 e. The molecule has 0 aromatic heterocycles. The fourth-order valence-corrected chi connectivity index (χ4v) is 2.72. The van der Waals surface area contributed by atoms with Crippen molar-refractivity contribution in [2.24, 2.45) is 0 Å². The number of hydrogen-bond donors (Lipinski definition) is 1. The van der Waals surface area contributed by atoms with E-state index in [4.69, 9.17) is 5.11 Å². The van der Waals surface area contributed by atoms with Gasteiger partial charge < -0.3 is 5.11 Å². The molecule has 2 nitrogen and oxygen atoms in total. The van der Waals surface area contributed by atoms with Crippen molar-refractivity contribution in [3.05, 3.63) is 59.7 Å². The average molecular weight is 300 g/mol. The highest BCUT2D eigenvalue weighted by Gasteiger charge is 2.29. The molecule has 1 unspecified atom stereocenters. The molecule has 2 rings (SSSR count). The maximum atomic E-state index is 12.4. The van der Waals surface area contributed by atoms with Crippen molar-refractivity contribution in [1.29, 1.82) is 0 Å². The molecule has 20 heavy (non-hydrogen) atoms. The van der Waals surface area contributed by atoms with Crippen LogP contribution in [0.2, 0.25) is 0 Å². The van der Waals surface area contributed by atoms with Gasteiger partial charge in [0.1, 0.15) is 5.75 Å². The molecule has 6 heteroatoms. The number of phenols is 1. The van der Waals surface area contributed by atoms with E-state index in [-0.39, 0.29) is 11.5 Å². The average Bonchev–Trinajstić information content (AvgIpc) is 2.39. The largest absolute Gasteiger partial charge is 0.508 e. The summed E-state index contributed by atoms with van der Waals surface area (Å²) in [5.74, 6) is 0.198. The molecule has 0 spiro atoms. The molecule has 1 atom stereocenters. The Kier molecular flexibility index (Phi) is 4.13. The molecule has 2 aromatic rings. The summed E-state index contributed by atoms with van der Waals surface area (Å²) in [4.78, 5) is 0.516. The van der Waals surface area contributed by atoms with E-state index in [0.29, 0.717) is 10.5 Å². The lowest BCUT2D eigenvalue weighted by atomic mass is 10.1. The van der Waals surface area contributed by atoms with Crippen molar-refractivity contribution < 1.29 is 22.5 Å². The van der Waals surface area contributed by atoms with Crippen molar-refractivity contribution in [2.45, 2.75) is 16.8 Å². The second kappa shape index (κ2) is 5.66. The third-order valence-electron chi connectivity index (χ3n) is 2.68. The number of rotatable bonds is 3. The van der Waals surface area contributed by atoms with Crippen LogP contribution in [0.3, 0.4) is 0 Å². The monoisotopic (exact) mass is 300 g/mol. The lowest BCUT2D eigenvalue weighted by Crippen LogP contribution is -2.05. The number of hydrogen-bond acceptors (Lipinski definition) is 2. The van der Waals surface area contributed by atoms with E-state index in [1.807, 2.05) is 0 Å². The summed E-state index contributed by atoms with van der Waals surface area (Å²) >= 11 is 0. The van der Waals surface area contributed by atoms with Crippen LogP contribution in [0.5, 0.6) is 5.75 Å². The lowest BCUT2D eigenvalue weighted by molar-refractivity contribution is -0.137. The first-order valence-corrected chi connectivity index (χ1v) is 7.02. The zero-order valence-electron chi connectivity index (χ0n) is 10.2. The van der Waals surface area contributed by atoms with Gasteiger partial charge in [-0.05, 0) is 42.0 Å². The summed E-state index contributed by atoms with van der Waals surface area (Å²) in [6, 6.07) is 10.5. The van der Waals surface area contributed by atoms with Gasteiger partial charge in [0.2, 0.25) is 0 Å². The minimum Gasteiger partial charge on any atom is -0.508 e. The van der Waals surface area contributed by atoms with Crippen molar-refractivity contribution >= 4 is 10.8 Å². The van der Waals surface area contributed by atoms with Crippen LogP contribution in [0.15, 0.2) is 53.4 Å². The predicted octanol–water partition coefficient (Wildman–Crippen LogP) is 3.72. The molecule has 0 radical (unpaired) electrons. The highest BCUT2D eigenvalue weighted by Crippen LogP contribution is 2.29. The minimum absolute atomic E-state index is 0.0697. The first kappa shape index (κ1) is 14.6. The Hall–Kier alpha value is -1.82. The summed E-state index contributed by atoms with van der Waals surface area (Å²) in [6.45, 7) is 0. The Morgan fingerprint density at radius 1 is 0.950 bits per heavy atom.